The summed E-state index contributed by atoms with van der Waals surface area (Å²) in [5.41, 5.74) is 5.23. The lowest BCUT2D eigenvalue weighted by Crippen LogP contribution is -2.47. The first kappa shape index (κ1) is 12.3. The number of nitrogens with two attached hydrogens (primary N) is 1. The smallest absolute Gasteiger partial charge is 0.354 e. The van der Waals surface area contributed by atoms with E-state index in [9.17, 15) is 9.59 Å². The monoisotopic (exact) mass is 249 g/mol. The van der Waals surface area contributed by atoms with Gasteiger partial charge in [-0.3, -0.25) is 4.79 Å². The number of carboxylic acids is 1. The summed E-state index contributed by atoms with van der Waals surface area (Å²) in [5.74, 6) is -0.788. The van der Waals surface area contributed by atoms with E-state index in [-0.39, 0.29) is 23.6 Å². The molecule has 96 valence electrons. The van der Waals surface area contributed by atoms with Gasteiger partial charge in [0.15, 0.2) is 5.69 Å². The second kappa shape index (κ2) is 4.64. The summed E-state index contributed by atoms with van der Waals surface area (Å²) < 4.78 is 0. The van der Waals surface area contributed by atoms with Gasteiger partial charge in [-0.2, -0.15) is 0 Å². The van der Waals surface area contributed by atoms with Crippen LogP contribution in [0.4, 0.5) is 5.82 Å². The molecule has 0 spiro atoms. The van der Waals surface area contributed by atoms with Crippen LogP contribution in [0.3, 0.4) is 0 Å². The number of carbonyl (C=O) groups excluding carboxylic acids is 1. The highest BCUT2D eigenvalue weighted by molar-refractivity contribution is 5.85. The number of aromatic carboxylic acids is 1. The van der Waals surface area contributed by atoms with Gasteiger partial charge in [-0.25, -0.2) is 9.78 Å². The van der Waals surface area contributed by atoms with E-state index in [4.69, 9.17) is 10.8 Å². The Hall–Kier alpha value is -2.11. The molecule has 0 aromatic carbocycles. The average Bonchev–Trinajstić information content (AvgIpc) is 2.26. The van der Waals surface area contributed by atoms with Gasteiger partial charge in [0, 0.05) is 19.0 Å². The third kappa shape index (κ3) is 2.27. The molecule has 1 saturated carbocycles. The Morgan fingerprint density at radius 3 is 2.67 bits per heavy atom. The fraction of sp³-hybridized carbons (Fsp3) is 0.417. The minimum atomic E-state index is -1.05. The van der Waals surface area contributed by atoms with Gasteiger partial charge in [0.05, 0.1) is 0 Å². The molecule has 0 atom stereocenters. The summed E-state index contributed by atoms with van der Waals surface area (Å²) in [6, 6.07) is 5.06. The molecule has 6 nitrogen and oxygen atoms in total. The first-order valence-electron chi connectivity index (χ1n) is 5.71. The second-order valence-electron chi connectivity index (χ2n) is 4.52. The standard InChI is InChI=1S/C12H15N3O3/c1-15(8-5-7(6-8)11(13)16)10-4-2-3-9(14-10)12(17)18/h2-4,7-8H,5-6H2,1H3,(H2,13,16)(H,17,18). The van der Waals surface area contributed by atoms with E-state index < -0.39 is 5.97 Å². The van der Waals surface area contributed by atoms with Gasteiger partial charge in [0.1, 0.15) is 5.82 Å². The van der Waals surface area contributed by atoms with Crippen molar-refractivity contribution < 1.29 is 14.7 Å². The van der Waals surface area contributed by atoms with E-state index in [1.807, 2.05) is 11.9 Å². The fourth-order valence-corrected chi connectivity index (χ4v) is 2.06. The number of nitrogens with zero attached hydrogens (tertiary/aromatic N) is 2. The van der Waals surface area contributed by atoms with E-state index in [2.05, 4.69) is 4.98 Å². The molecule has 1 aliphatic carbocycles. The largest absolute Gasteiger partial charge is 0.477 e. The van der Waals surface area contributed by atoms with Crippen LogP contribution in [0.2, 0.25) is 0 Å². The highest BCUT2D eigenvalue weighted by Crippen LogP contribution is 2.32. The molecule has 0 saturated heterocycles. The van der Waals surface area contributed by atoms with Gasteiger partial charge in [-0.05, 0) is 25.0 Å². The molecule has 1 fully saturated rings. The predicted octanol–water partition coefficient (Wildman–Crippen LogP) is 0.480. The number of carbonyl (C=O) groups is 2. The maximum atomic E-state index is 10.9. The lowest BCUT2D eigenvalue weighted by molar-refractivity contribution is -0.124. The van der Waals surface area contributed by atoms with Crippen LogP contribution < -0.4 is 10.6 Å². The lowest BCUT2D eigenvalue weighted by atomic mass is 9.79. The Bertz CT molecular complexity index is 483. The van der Waals surface area contributed by atoms with Crippen LogP contribution in [0.15, 0.2) is 18.2 Å². The summed E-state index contributed by atoms with van der Waals surface area (Å²) in [6.45, 7) is 0. The SMILES string of the molecule is CN(c1cccc(C(=O)O)n1)C1CC(C(N)=O)C1. The van der Waals surface area contributed by atoms with Crippen molar-refractivity contribution in [1.82, 2.24) is 4.98 Å². The van der Waals surface area contributed by atoms with E-state index in [1.165, 1.54) is 6.07 Å². The van der Waals surface area contributed by atoms with Gasteiger partial charge in [-0.15, -0.1) is 0 Å². The number of hydrogen-bond acceptors (Lipinski definition) is 4. The molecule has 2 rings (SSSR count). The summed E-state index contributed by atoms with van der Waals surface area (Å²) in [4.78, 5) is 27.7. The molecule has 6 heteroatoms. The number of amides is 1. The van der Waals surface area contributed by atoms with Crippen LogP contribution in [-0.2, 0) is 4.79 Å². The molecule has 1 aliphatic rings. The van der Waals surface area contributed by atoms with E-state index >= 15 is 0 Å². The Labute approximate surface area is 104 Å². The van der Waals surface area contributed by atoms with Crippen LogP contribution in [0.25, 0.3) is 0 Å². The predicted molar refractivity (Wildman–Crippen MR) is 65.3 cm³/mol. The maximum Gasteiger partial charge on any atom is 0.354 e. The van der Waals surface area contributed by atoms with Gasteiger partial charge in [0.2, 0.25) is 5.91 Å². The molecular weight excluding hydrogens is 234 g/mol. The highest BCUT2D eigenvalue weighted by atomic mass is 16.4. The zero-order chi connectivity index (χ0) is 13.3. The van der Waals surface area contributed by atoms with Crippen LogP contribution >= 0.6 is 0 Å². The molecule has 0 unspecified atom stereocenters. The van der Waals surface area contributed by atoms with Gasteiger partial charge < -0.3 is 15.7 Å². The number of aromatic nitrogens is 1. The quantitative estimate of drug-likeness (QED) is 0.809. The minimum Gasteiger partial charge on any atom is -0.477 e. The number of rotatable bonds is 4. The summed E-state index contributed by atoms with van der Waals surface area (Å²) >= 11 is 0. The molecule has 1 amide bonds. The molecule has 1 heterocycles. The third-order valence-corrected chi connectivity index (χ3v) is 3.38. The molecule has 18 heavy (non-hydrogen) atoms. The highest BCUT2D eigenvalue weighted by Gasteiger charge is 2.36. The maximum absolute atomic E-state index is 10.9. The number of hydrogen-bond donors (Lipinski definition) is 2. The molecule has 0 bridgehead atoms. The van der Waals surface area contributed by atoms with Crippen LogP contribution in [-0.4, -0.2) is 35.1 Å². The third-order valence-electron chi connectivity index (χ3n) is 3.38. The number of primary amides is 1. The van der Waals surface area contributed by atoms with Gasteiger partial charge in [0.25, 0.3) is 0 Å². The molecule has 0 aliphatic heterocycles. The summed E-state index contributed by atoms with van der Waals surface area (Å²) in [7, 11) is 1.84. The molecule has 1 aromatic heterocycles. The van der Waals surface area contributed by atoms with Gasteiger partial charge in [-0.1, -0.05) is 6.07 Å². The molecular formula is C12H15N3O3. The molecule has 1 aromatic rings. The Kier molecular flexibility index (Phi) is 3.18. The van der Waals surface area contributed by atoms with Crippen molar-refractivity contribution >= 4 is 17.7 Å². The molecule has 0 radical (unpaired) electrons. The fourth-order valence-electron chi connectivity index (χ4n) is 2.06. The average molecular weight is 249 g/mol. The van der Waals surface area contributed by atoms with Crippen molar-refractivity contribution in [2.45, 2.75) is 18.9 Å². The Morgan fingerprint density at radius 1 is 1.44 bits per heavy atom. The summed E-state index contributed by atoms with van der Waals surface area (Å²) in [5, 5.41) is 8.87. The van der Waals surface area contributed by atoms with Crippen LogP contribution in [0.1, 0.15) is 23.3 Å². The van der Waals surface area contributed by atoms with Crippen molar-refractivity contribution in [2.24, 2.45) is 11.7 Å². The van der Waals surface area contributed by atoms with Crippen LogP contribution in [0.5, 0.6) is 0 Å². The lowest BCUT2D eigenvalue weighted by Gasteiger charge is -2.40. The van der Waals surface area contributed by atoms with Crippen LogP contribution in [0, 0.1) is 5.92 Å². The number of anilines is 1. The zero-order valence-electron chi connectivity index (χ0n) is 10.0. The van der Waals surface area contributed by atoms with Crippen molar-refractivity contribution in [2.75, 3.05) is 11.9 Å². The Balaban J connectivity index is 2.06. The topological polar surface area (TPSA) is 96.5 Å². The van der Waals surface area contributed by atoms with E-state index in [0.29, 0.717) is 18.7 Å². The number of carboxylic acid groups (broad SMARTS) is 1. The van der Waals surface area contributed by atoms with E-state index in [1.54, 1.807) is 12.1 Å². The summed E-state index contributed by atoms with van der Waals surface area (Å²) in [6.07, 6.45) is 1.40. The van der Waals surface area contributed by atoms with E-state index in [0.717, 1.165) is 0 Å². The minimum absolute atomic E-state index is 0.0186. The number of pyridine rings is 1. The zero-order valence-corrected chi connectivity index (χ0v) is 10.0. The first-order chi connectivity index (χ1) is 8.49. The van der Waals surface area contributed by atoms with Crippen molar-refractivity contribution in [1.29, 1.82) is 0 Å². The molecule has 3 N–H and O–H groups in total. The van der Waals surface area contributed by atoms with Crippen molar-refractivity contribution in [3.8, 4) is 0 Å². The Morgan fingerprint density at radius 2 is 2.11 bits per heavy atom. The van der Waals surface area contributed by atoms with Gasteiger partial charge >= 0.3 is 5.97 Å². The second-order valence-corrected chi connectivity index (χ2v) is 4.52. The van der Waals surface area contributed by atoms with Crippen molar-refractivity contribution in [3.63, 3.8) is 0 Å². The van der Waals surface area contributed by atoms with Crippen molar-refractivity contribution in [3.05, 3.63) is 23.9 Å². The first-order valence-corrected chi connectivity index (χ1v) is 5.71. The normalized spacial score (nSPS) is 22.1.